The van der Waals surface area contributed by atoms with Crippen LogP contribution in [0.5, 0.6) is 0 Å². The van der Waals surface area contributed by atoms with Crippen LogP contribution in [-0.4, -0.2) is 17.7 Å². The maximum atomic E-state index is 11.1. The second-order valence-corrected chi connectivity index (χ2v) is 5.32. The molecule has 19 heavy (non-hydrogen) atoms. The molecule has 5 heteroatoms. The Bertz CT molecular complexity index is 634. The van der Waals surface area contributed by atoms with Gasteiger partial charge in [-0.1, -0.05) is 6.07 Å². The standard InChI is InChI=1S/C14H18N2O3/c1-18-14(5-2-6-14)8-10(15)9-3-4-11-12(7-9)19-13(17)16-11/h3-4,7,10H,2,5-6,8,15H2,1H3,(H,16,17). The van der Waals surface area contributed by atoms with Gasteiger partial charge in [-0.05, 0) is 43.4 Å². The lowest BCUT2D eigenvalue weighted by atomic mass is 9.75. The van der Waals surface area contributed by atoms with Gasteiger partial charge in [0.15, 0.2) is 5.58 Å². The minimum absolute atomic E-state index is 0.0621. The number of H-pyrrole nitrogens is 1. The van der Waals surface area contributed by atoms with Gasteiger partial charge in [-0.2, -0.15) is 0 Å². The number of methoxy groups -OCH3 is 1. The number of hydrogen-bond donors (Lipinski definition) is 2. The molecule has 0 bridgehead atoms. The highest BCUT2D eigenvalue weighted by molar-refractivity contribution is 5.72. The normalized spacial score (nSPS) is 19.3. The summed E-state index contributed by atoms with van der Waals surface area (Å²) in [6, 6.07) is 5.49. The van der Waals surface area contributed by atoms with Gasteiger partial charge in [0.2, 0.25) is 0 Å². The van der Waals surface area contributed by atoms with Crippen LogP contribution in [0.25, 0.3) is 11.1 Å². The Kier molecular flexibility index (Phi) is 2.95. The van der Waals surface area contributed by atoms with Crippen LogP contribution in [0, 0.1) is 0 Å². The molecule has 0 aliphatic heterocycles. The van der Waals surface area contributed by atoms with Crippen molar-refractivity contribution >= 4 is 11.1 Å². The SMILES string of the molecule is COC1(CC(N)c2ccc3[nH]c(=O)oc3c2)CCC1. The van der Waals surface area contributed by atoms with Crippen molar-refractivity contribution in [3.05, 3.63) is 34.3 Å². The summed E-state index contributed by atoms with van der Waals surface area (Å²) in [5, 5.41) is 0. The van der Waals surface area contributed by atoms with Gasteiger partial charge >= 0.3 is 5.76 Å². The minimum Gasteiger partial charge on any atom is -0.408 e. The summed E-state index contributed by atoms with van der Waals surface area (Å²) in [6.07, 6.45) is 4.13. The number of benzene rings is 1. The van der Waals surface area contributed by atoms with Crippen molar-refractivity contribution in [3.8, 4) is 0 Å². The molecule has 1 aromatic heterocycles. The van der Waals surface area contributed by atoms with Crippen molar-refractivity contribution in [2.75, 3.05) is 7.11 Å². The Balaban J connectivity index is 1.84. The lowest BCUT2D eigenvalue weighted by Gasteiger charge is -2.42. The molecule has 0 saturated heterocycles. The van der Waals surface area contributed by atoms with Crippen molar-refractivity contribution in [1.29, 1.82) is 0 Å². The zero-order chi connectivity index (χ0) is 13.5. The third-order valence-corrected chi connectivity index (χ3v) is 4.16. The van der Waals surface area contributed by atoms with Gasteiger partial charge in [-0.25, -0.2) is 4.79 Å². The number of ether oxygens (including phenoxy) is 1. The average Bonchev–Trinajstić information content (AvgIpc) is 2.72. The summed E-state index contributed by atoms with van der Waals surface area (Å²) in [5.41, 5.74) is 8.42. The summed E-state index contributed by atoms with van der Waals surface area (Å²) in [7, 11) is 1.75. The fourth-order valence-electron chi connectivity index (χ4n) is 2.77. The minimum atomic E-state index is -0.437. The van der Waals surface area contributed by atoms with Crippen LogP contribution in [0.2, 0.25) is 0 Å². The van der Waals surface area contributed by atoms with E-state index in [4.69, 9.17) is 14.9 Å². The smallest absolute Gasteiger partial charge is 0.408 e. The summed E-state index contributed by atoms with van der Waals surface area (Å²) in [6.45, 7) is 0. The molecule has 1 atom stereocenters. The van der Waals surface area contributed by atoms with Gasteiger partial charge in [0, 0.05) is 13.2 Å². The topological polar surface area (TPSA) is 81.2 Å². The lowest BCUT2D eigenvalue weighted by Crippen LogP contribution is -2.41. The number of nitrogens with one attached hydrogen (secondary N) is 1. The van der Waals surface area contributed by atoms with Gasteiger partial charge in [-0.15, -0.1) is 0 Å². The van der Waals surface area contributed by atoms with E-state index in [9.17, 15) is 4.79 Å². The predicted octanol–water partition coefficient (Wildman–Crippen LogP) is 2.08. The van der Waals surface area contributed by atoms with Gasteiger partial charge < -0.3 is 14.9 Å². The number of aromatic nitrogens is 1. The predicted molar refractivity (Wildman–Crippen MR) is 72.0 cm³/mol. The van der Waals surface area contributed by atoms with E-state index < -0.39 is 5.76 Å². The third kappa shape index (κ3) is 2.19. The monoisotopic (exact) mass is 262 g/mol. The first kappa shape index (κ1) is 12.4. The lowest BCUT2D eigenvalue weighted by molar-refractivity contribution is -0.0816. The van der Waals surface area contributed by atoms with E-state index in [1.165, 1.54) is 6.42 Å². The molecule has 1 heterocycles. The van der Waals surface area contributed by atoms with Crippen LogP contribution in [0.4, 0.5) is 0 Å². The molecule has 3 rings (SSSR count). The molecule has 102 valence electrons. The Morgan fingerprint density at radius 2 is 2.32 bits per heavy atom. The molecule has 1 aromatic carbocycles. The van der Waals surface area contributed by atoms with E-state index >= 15 is 0 Å². The summed E-state index contributed by atoms with van der Waals surface area (Å²) >= 11 is 0. The van der Waals surface area contributed by atoms with E-state index in [0.717, 1.165) is 24.8 Å². The maximum absolute atomic E-state index is 11.1. The van der Waals surface area contributed by atoms with Crippen LogP contribution in [0.3, 0.4) is 0 Å². The van der Waals surface area contributed by atoms with Gasteiger partial charge in [-0.3, -0.25) is 4.98 Å². The van der Waals surface area contributed by atoms with E-state index in [0.29, 0.717) is 11.1 Å². The highest BCUT2D eigenvalue weighted by atomic mass is 16.5. The molecule has 1 aliphatic rings. The first-order chi connectivity index (χ1) is 9.12. The number of aromatic amines is 1. The summed E-state index contributed by atoms with van der Waals surface area (Å²) < 4.78 is 10.7. The highest BCUT2D eigenvalue weighted by Crippen LogP contribution is 2.41. The summed E-state index contributed by atoms with van der Waals surface area (Å²) in [5.74, 6) is -0.437. The Morgan fingerprint density at radius 3 is 2.95 bits per heavy atom. The van der Waals surface area contributed by atoms with Crippen molar-refractivity contribution in [2.45, 2.75) is 37.3 Å². The molecular weight excluding hydrogens is 244 g/mol. The van der Waals surface area contributed by atoms with E-state index in [-0.39, 0.29) is 11.6 Å². The second kappa shape index (κ2) is 4.51. The van der Waals surface area contributed by atoms with E-state index in [1.54, 1.807) is 7.11 Å². The van der Waals surface area contributed by atoms with Crippen LogP contribution in [0.1, 0.15) is 37.3 Å². The maximum Gasteiger partial charge on any atom is 0.417 e. The zero-order valence-electron chi connectivity index (χ0n) is 10.9. The van der Waals surface area contributed by atoms with Crippen LogP contribution in [0.15, 0.2) is 27.4 Å². The second-order valence-electron chi connectivity index (χ2n) is 5.32. The molecule has 1 unspecified atom stereocenters. The summed E-state index contributed by atoms with van der Waals surface area (Å²) in [4.78, 5) is 13.7. The third-order valence-electron chi connectivity index (χ3n) is 4.16. The van der Waals surface area contributed by atoms with Gasteiger partial charge in [0.1, 0.15) is 0 Å². The molecule has 1 aliphatic carbocycles. The average molecular weight is 262 g/mol. The molecule has 2 aromatic rings. The highest BCUT2D eigenvalue weighted by Gasteiger charge is 2.38. The first-order valence-corrected chi connectivity index (χ1v) is 6.55. The molecule has 1 fully saturated rings. The molecule has 5 nitrogen and oxygen atoms in total. The first-order valence-electron chi connectivity index (χ1n) is 6.55. The Hall–Kier alpha value is -1.59. The van der Waals surface area contributed by atoms with Crippen molar-refractivity contribution in [3.63, 3.8) is 0 Å². The molecule has 1 saturated carbocycles. The largest absolute Gasteiger partial charge is 0.417 e. The van der Waals surface area contributed by atoms with Gasteiger partial charge in [0.25, 0.3) is 0 Å². The van der Waals surface area contributed by atoms with Crippen LogP contribution < -0.4 is 11.5 Å². The quantitative estimate of drug-likeness (QED) is 0.883. The number of hydrogen-bond acceptors (Lipinski definition) is 4. The Labute approximate surface area is 110 Å². The van der Waals surface area contributed by atoms with E-state index in [2.05, 4.69) is 4.98 Å². The Morgan fingerprint density at radius 1 is 1.53 bits per heavy atom. The molecule has 3 N–H and O–H groups in total. The number of oxazole rings is 1. The number of rotatable bonds is 4. The van der Waals surface area contributed by atoms with Crippen molar-refractivity contribution in [1.82, 2.24) is 4.98 Å². The van der Waals surface area contributed by atoms with Crippen molar-refractivity contribution < 1.29 is 9.15 Å². The fourth-order valence-corrected chi connectivity index (χ4v) is 2.77. The molecule has 0 radical (unpaired) electrons. The molecule has 0 amide bonds. The molecular formula is C14H18N2O3. The van der Waals surface area contributed by atoms with Crippen LogP contribution in [-0.2, 0) is 4.74 Å². The van der Waals surface area contributed by atoms with Crippen LogP contribution >= 0.6 is 0 Å². The zero-order valence-corrected chi connectivity index (χ0v) is 10.9. The van der Waals surface area contributed by atoms with Crippen molar-refractivity contribution in [2.24, 2.45) is 5.73 Å². The van der Waals surface area contributed by atoms with E-state index in [1.807, 2.05) is 18.2 Å². The number of nitrogens with two attached hydrogens (primary N) is 1. The van der Waals surface area contributed by atoms with Gasteiger partial charge in [0.05, 0.1) is 11.1 Å². The number of fused-ring (bicyclic) bond motifs is 1. The fraction of sp³-hybridized carbons (Fsp3) is 0.500. The molecule has 0 spiro atoms.